The van der Waals surface area contributed by atoms with E-state index in [4.69, 9.17) is 0 Å². The monoisotopic (exact) mass is 255 g/mol. The summed E-state index contributed by atoms with van der Waals surface area (Å²) >= 11 is 0. The molecule has 0 spiro atoms. The number of carbonyl (C=O) groups excluding carboxylic acids is 2. The van der Waals surface area contributed by atoms with Gasteiger partial charge in [0.25, 0.3) is 0 Å². The fourth-order valence-electron chi connectivity index (χ4n) is 2.45. The molecular weight excluding hydrogens is 246 g/mol. The first-order valence-electron chi connectivity index (χ1n) is 5.80. The third-order valence-corrected chi connectivity index (χ3v) is 3.37. The number of Topliss-reactive ketones (excluding diaryl/α,β-unsaturated/α-hetero) is 2. The maximum absolute atomic E-state index is 12.0. The van der Waals surface area contributed by atoms with Gasteiger partial charge in [0.15, 0.2) is 0 Å². The fraction of sp³-hybridized carbons (Fsp3) is 0.143. The van der Waals surface area contributed by atoms with Crippen molar-refractivity contribution in [2.75, 3.05) is 0 Å². The van der Waals surface area contributed by atoms with Crippen molar-refractivity contribution in [3.05, 3.63) is 57.6 Å². The lowest BCUT2D eigenvalue weighted by atomic mass is 9.85. The largest absolute Gasteiger partial charge is 0.332 e. The molecule has 1 aliphatic carbocycles. The SMILES string of the molecule is O=C1Cc2cc3ccccc3cc2C(=O)C1[N+](=O)[O-]. The summed E-state index contributed by atoms with van der Waals surface area (Å²) in [6.07, 6.45) is -0.0580. The van der Waals surface area contributed by atoms with Crippen LogP contribution in [0.2, 0.25) is 0 Å². The highest BCUT2D eigenvalue weighted by atomic mass is 16.6. The van der Waals surface area contributed by atoms with Crippen LogP contribution in [-0.4, -0.2) is 22.5 Å². The van der Waals surface area contributed by atoms with Gasteiger partial charge in [0.1, 0.15) is 0 Å². The van der Waals surface area contributed by atoms with Crippen LogP contribution in [0.1, 0.15) is 15.9 Å². The average molecular weight is 255 g/mol. The molecule has 0 aromatic heterocycles. The van der Waals surface area contributed by atoms with Gasteiger partial charge in [-0.3, -0.25) is 19.7 Å². The fourth-order valence-corrected chi connectivity index (χ4v) is 2.45. The van der Waals surface area contributed by atoms with Gasteiger partial charge in [0.05, 0.1) is 0 Å². The summed E-state index contributed by atoms with van der Waals surface area (Å²) in [5, 5.41) is 12.6. The van der Waals surface area contributed by atoms with Crippen molar-refractivity contribution in [3.63, 3.8) is 0 Å². The molecule has 5 nitrogen and oxygen atoms in total. The Morgan fingerprint density at radius 3 is 2.37 bits per heavy atom. The van der Waals surface area contributed by atoms with Gasteiger partial charge in [-0.1, -0.05) is 24.3 Å². The van der Waals surface area contributed by atoms with E-state index in [1.165, 1.54) is 0 Å². The minimum atomic E-state index is -1.74. The summed E-state index contributed by atoms with van der Waals surface area (Å²) in [6.45, 7) is 0. The Labute approximate surface area is 108 Å². The molecule has 0 aliphatic heterocycles. The topological polar surface area (TPSA) is 77.3 Å². The van der Waals surface area contributed by atoms with Crippen molar-refractivity contribution in [1.29, 1.82) is 0 Å². The molecule has 0 saturated carbocycles. The van der Waals surface area contributed by atoms with Gasteiger partial charge in [0.2, 0.25) is 11.6 Å². The lowest BCUT2D eigenvalue weighted by molar-refractivity contribution is -0.491. The molecule has 1 atom stereocenters. The Balaban J connectivity index is 2.23. The molecule has 0 radical (unpaired) electrons. The molecule has 3 rings (SSSR count). The van der Waals surface area contributed by atoms with Crippen molar-refractivity contribution in [2.45, 2.75) is 12.5 Å². The maximum Gasteiger partial charge on any atom is 0.332 e. The summed E-state index contributed by atoms with van der Waals surface area (Å²) in [5.74, 6) is -1.35. The van der Waals surface area contributed by atoms with E-state index < -0.39 is 22.5 Å². The van der Waals surface area contributed by atoms with Gasteiger partial charge in [-0.15, -0.1) is 0 Å². The minimum absolute atomic E-state index is 0.0580. The van der Waals surface area contributed by atoms with E-state index in [0.29, 0.717) is 11.1 Å². The zero-order chi connectivity index (χ0) is 13.6. The van der Waals surface area contributed by atoms with Crippen molar-refractivity contribution in [2.24, 2.45) is 0 Å². The number of hydrogen-bond donors (Lipinski definition) is 0. The molecule has 0 amide bonds. The van der Waals surface area contributed by atoms with Gasteiger partial charge in [-0.2, -0.15) is 0 Å². The van der Waals surface area contributed by atoms with Crippen LogP contribution in [0.5, 0.6) is 0 Å². The molecule has 2 aromatic carbocycles. The lowest BCUT2D eigenvalue weighted by Crippen LogP contribution is -2.42. The van der Waals surface area contributed by atoms with Crippen LogP contribution >= 0.6 is 0 Å². The zero-order valence-corrected chi connectivity index (χ0v) is 9.83. The number of rotatable bonds is 1. The first-order chi connectivity index (χ1) is 9.08. The Morgan fingerprint density at radius 2 is 1.74 bits per heavy atom. The van der Waals surface area contributed by atoms with Crippen LogP contribution in [0, 0.1) is 10.1 Å². The van der Waals surface area contributed by atoms with Crippen LogP contribution in [0.15, 0.2) is 36.4 Å². The van der Waals surface area contributed by atoms with E-state index >= 15 is 0 Å². The molecule has 1 aliphatic rings. The highest BCUT2D eigenvalue weighted by molar-refractivity contribution is 6.18. The molecule has 0 bridgehead atoms. The number of carbonyl (C=O) groups is 2. The summed E-state index contributed by atoms with van der Waals surface area (Å²) in [5.41, 5.74) is 0.867. The van der Waals surface area contributed by atoms with E-state index in [2.05, 4.69) is 0 Å². The summed E-state index contributed by atoms with van der Waals surface area (Å²) in [4.78, 5) is 33.7. The number of fused-ring (bicyclic) bond motifs is 2. The van der Waals surface area contributed by atoms with Crippen molar-refractivity contribution in [1.82, 2.24) is 0 Å². The number of nitro groups is 1. The first-order valence-corrected chi connectivity index (χ1v) is 5.80. The predicted octanol–water partition coefficient (Wildman–Crippen LogP) is 1.79. The Bertz CT molecular complexity index is 735. The van der Waals surface area contributed by atoms with Gasteiger partial charge in [0, 0.05) is 16.9 Å². The second-order valence-electron chi connectivity index (χ2n) is 4.55. The quantitative estimate of drug-likeness (QED) is 0.442. The second-order valence-corrected chi connectivity index (χ2v) is 4.55. The lowest BCUT2D eigenvalue weighted by Gasteiger charge is -2.17. The van der Waals surface area contributed by atoms with Crippen LogP contribution < -0.4 is 0 Å². The normalized spacial score (nSPS) is 18.4. The zero-order valence-electron chi connectivity index (χ0n) is 9.83. The van der Waals surface area contributed by atoms with Gasteiger partial charge in [-0.05, 0) is 28.5 Å². The third-order valence-electron chi connectivity index (χ3n) is 3.37. The van der Waals surface area contributed by atoms with Gasteiger partial charge < -0.3 is 0 Å². The Morgan fingerprint density at radius 1 is 1.11 bits per heavy atom. The van der Waals surface area contributed by atoms with Crippen LogP contribution in [0.4, 0.5) is 0 Å². The van der Waals surface area contributed by atoms with Crippen LogP contribution in [0.25, 0.3) is 10.8 Å². The average Bonchev–Trinajstić information content (AvgIpc) is 2.36. The number of benzene rings is 2. The number of nitrogens with zero attached hydrogens (tertiary/aromatic N) is 1. The van der Waals surface area contributed by atoms with E-state index in [1.54, 1.807) is 12.1 Å². The number of ketones is 2. The van der Waals surface area contributed by atoms with E-state index in [9.17, 15) is 19.7 Å². The van der Waals surface area contributed by atoms with Crippen molar-refractivity contribution < 1.29 is 14.5 Å². The minimum Gasteiger partial charge on any atom is -0.291 e. The molecule has 2 aromatic rings. The molecular formula is C14H9NO4. The van der Waals surface area contributed by atoms with Crippen LogP contribution in [-0.2, 0) is 11.2 Å². The van der Waals surface area contributed by atoms with E-state index in [-0.39, 0.29) is 6.42 Å². The summed E-state index contributed by atoms with van der Waals surface area (Å²) < 4.78 is 0. The molecule has 19 heavy (non-hydrogen) atoms. The Hall–Kier alpha value is -2.56. The molecule has 0 fully saturated rings. The third kappa shape index (κ3) is 1.71. The first kappa shape index (κ1) is 11.5. The second kappa shape index (κ2) is 3.98. The number of hydrogen-bond acceptors (Lipinski definition) is 4. The summed E-state index contributed by atoms with van der Waals surface area (Å²) in [7, 11) is 0. The van der Waals surface area contributed by atoms with E-state index in [0.717, 1.165) is 10.8 Å². The van der Waals surface area contributed by atoms with Crippen molar-refractivity contribution in [3.8, 4) is 0 Å². The molecule has 0 heterocycles. The molecule has 94 valence electrons. The molecule has 5 heteroatoms. The molecule has 0 N–H and O–H groups in total. The Kier molecular flexibility index (Phi) is 2.41. The van der Waals surface area contributed by atoms with Crippen molar-refractivity contribution >= 4 is 22.3 Å². The summed E-state index contributed by atoms with van der Waals surface area (Å²) in [6, 6.07) is 9.06. The highest BCUT2D eigenvalue weighted by Crippen LogP contribution is 2.26. The standard InChI is InChI=1S/C14H9NO4/c16-12-7-10-5-8-3-1-2-4-9(8)6-11(10)14(17)13(12)15(18)19/h1-6,13H,7H2. The molecule has 1 unspecified atom stereocenters. The smallest absolute Gasteiger partial charge is 0.291 e. The van der Waals surface area contributed by atoms with Gasteiger partial charge in [-0.25, -0.2) is 0 Å². The van der Waals surface area contributed by atoms with Crippen LogP contribution in [0.3, 0.4) is 0 Å². The predicted molar refractivity (Wildman–Crippen MR) is 67.8 cm³/mol. The molecule has 0 saturated heterocycles. The van der Waals surface area contributed by atoms with E-state index in [1.807, 2.05) is 24.3 Å². The highest BCUT2D eigenvalue weighted by Gasteiger charge is 2.43. The van der Waals surface area contributed by atoms with Gasteiger partial charge >= 0.3 is 6.04 Å². The maximum atomic E-state index is 12.0.